The molecular formula is C20H19N5O. The number of hydrogen-bond acceptors (Lipinski definition) is 4. The van der Waals surface area contributed by atoms with E-state index >= 15 is 0 Å². The number of carbonyl (C=O) groups is 1. The second-order valence-corrected chi connectivity index (χ2v) is 7.15. The molecule has 0 aromatic carbocycles. The van der Waals surface area contributed by atoms with E-state index in [2.05, 4.69) is 14.5 Å². The van der Waals surface area contributed by atoms with Crippen molar-refractivity contribution in [1.29, 1.82) is 0 Å². The van der Waals surface area contributed by atoms with Gasteiger partial charge in [-0.2, -0.15) is 0 Å². The number of nitrogens with zero attached hydrogens (tertiary/aromatic N) is 4. The lowest BCUT2D eigenvalue weighted by Gasteiger charge is -2.18. The van der Waals surface area contributed by atoms with Gasteiger partial charge in [0.25, 0.3) is 5.91 Å². The molecular weight excluding hydrogens is 326 g/mol. The van der Waals surface area contributed by atoms with Crippen LogP contribution in [0.3, 0.4) is 0 Å². The highest BCUT2D eigenvalue weighted by Gasteiger charge is 2.41. The van der Waals surface area contributed by atoms with Crippen LogP contribution in [-0.2, 0) is 0 Å². The van der Waals surface area contributed by atoms with Crippen molar-refractivity contribution >= 4 is 5.91 Å². The summed E-state index contributed by atoms with van der Waals surface area (Å²) in [6.07, 6.45) is 6.70. The number of aromatic nitrogens is 4. The highest BCUT2D eigenvalue weighted by Crippen LogP contribution is 2.52. The van der Waals surface area contributed by atoms with Crippen LogP contribution in [0.25, 0.3) is 22.6 Å². The van der Waals surface area contributed by atoms with Crippen LogP contribution in [0.2, 0.25) is 0 Å². The van der Waals surface area contributed by atoms with Gasteiger partial charge < -0.3 is 10.3 Å². The van der Waals surface area contributed by atoms with E-state index in [0.29, 0.717) is 17.5 Å². The number of nitrogens with two attached hydrogens (primary N) is 1. The Kier molecular flexibility index (Phi) is 3.22. The predicted molar refractivity (Wildman–Crippen MR) is 97.6 cm³/mol. The average Bonchev–Trinajstić information content (AvgIpc) is 3.33. The predicted octanol–water partition coefficient (Wildman–Crippen LogP) is 3.24. The van der Waals surface area contributed by atoms with Gasteiger partial charge in [-0.05, 0) is 44.4 Å². The van der Waals surface area contributed by atoms with E-state index in [0.717, 1.165) is 47.0 Å². The molecule has 0 unspecified atom stereocenters. The zero-order valence-corrected chi connectivity index (χ0v) is 14.5. The van der Waals surface area contributed by atoms with Gasteiger partial charge in [-0.1, -0.05) is 6.07 Å². The number of primary amides is 1. The molecule has 1 aliphatic carbocycles. The monoisotopic (exact) mass is 345 g/mol. The maximum Gasteiger partial charge on any atom is 0.250 e. The van der Waals surface area contributed by atoms with Crippen LogP contribution in [0.5, 0.6) is 0 Å². The quantitative estimate of drug-likeness (QED) is 0.789. The molecule has 2 aliphatic rings. The van der Waals surface area contributed by atoms with Crippen LogP contribution >= 0.6 is 0 Å². The Morgan fingerprint density at radius 1 is 1.23 bits per heavy atom. The Balaban J connectivity index is 1.82. The third kappa shape index (κ3) is 2.11. The summed E-state index contributed by atoms with van der Waals surface area (Å²) in [5.74, 6) is 1.13. The number of fused-ring (bicyclic) bond motifs is 5. The summed E-state index contributed by atoms with van der Waals surface area (Å²) >= 11 is 0. The Morgan fingerprint density at radius 3 is 2.92 bits per heavy atom. The maximum absolute atomic E-state index is 12.0. The van der Waals surface area contributed by atoms with Gasteiger partial charge in [0.05, 0.1) is 17.0 Å². The first-order valence-corrected chi connectivity index (χ1v) is 8.94. The van der Waals surface area contributed by atoms with Crippen molar-refractivity contribution in [3.05, 3.63) is 53.7 Å². The maximum atomic E-state index is 12.0. The molecule has 2 N–H and O–H groups in total. The Labute approximate surface area is 151 Å². The molecule has 0 radical (unpaired) electrons. The molecule has 4 heterocycles. The van der Waals surface area contributed by atoms with E-state index < -0.39 is 5.91 Å². The second-order valence-electron chi connectivity index (χ2n) is 7.15. The van der Waals surface area contributed by atoms with Crippen molar-refractivity contribution in [2.75, 3.05) is 0 Å². The lowest BCUT2D eigenvalue weighted by Crippen LogP contribution is -2.15. The van der Waals surface area contributed by atoms with Crippen LogP contribution in [0.15, 0.2) is 36.7 Å². The summed E-state index contributed by atoms with van der Waals surface area (Å²) in [6, 6.07) is 8.22. The second kappa shape index (κ2) is 5.49. The van der Waals surface area contributed by atoms with Gasteiger partial charge in [-0.15, -0.1) is 0 Å². The van der Waals surface area contributed by atoms with E-state index in [1.807, 2.05) is 31.2 Å². The molecule has 1 amide bonds. The van der Waals surface area contributed by atoms with Crippen molar-refractivity contribution in [2.45, 2.75) is 38.1 Å². The molecule has 5 rings (SSSR count). The fourth-order valence-electron chi connectivity index (χ4n) is 4.44. The molecule has 26 heavy (non-hydrogen) atoms. The molecule has 2 bridgehead atoms. The van der Waals surface area contributed by atoms with Crippen molar-refractivity contribution in [1.82, 2.24) is 19.5 Å². The molecule has 3 aromatic rings. The molecule has 0 spiro atoms. The molecule has 1 saturated carbocycles. The van der Waals surface area contributed by atoms with E-state index in [1.54, 1.807) is 6.20 Å². The van der Waals surface area contributed by atoms with Crippen LogP contribution in [0.4, 0.5) is 0 Å². The number of aryl methyl sites for hydroxylation is 1. The minimum absolute atomic E-state index is 0.423. The van der Waals surface area contributed by atoms with Crippen molar-refractivity contribution < 1.29 is 4.79 Å². The standard InChI is InChI=1S/C20H19N5O/c1-11-3-2-4-16(23-11)17-18(14-7-8-22-10-15(14)19(21)26)25-13-6-5-12(9-13)20(25)24-17/h2-4,7-8,10,12-13H,5-6,9H2,1H3,(H2,21,26)/t12-,13+/m0/s1. The molecule has 3 aromatic heterocycles. The lowest BCUT2D eigenvalue weighted by atomic mass is 10.0. The number of imidazole rings is 1. The van der Waals surface area contributed by atoms with Gasteiger partial charge in [0.1, 0.15) is 11.5 Å². The third-order valence-electron chi connectivity index (χ3n) is 5.55. The van der Waals surface area contributed by atoms with Gasteiger partial charge in [-0.3, -0.25) is 14.8 Å². The largest absolute Gasteiger partial charge is 0.366 e. The fraction of sp³-hybridized carbons (Fsp3) is 0.300. The summed E-state index contributed by atoms with van der Waals surface area (Å²) in [5, 5.41) is 0. The van der Waals surface area contributed by atoms with Gasteiger partial charge >= 0.3 is 0 Å². The van der Waals surface area contributed by atoms with Crippen molar-refractivity contribution in [3.8, 4) is 22.6 Å². The molecule has 1 fully saturated rings. The Hall–Kier alpha value is -3.02. The SMILES string of the molecule is Cc1cccc(-c2nc3n(c2-c2ccncc2C(N)=O)[C@@H]2CC[C@H]3C2)n1. The van der Waals surface area contributed by atoms with E-state index in [1.165, 1.54) is 12.6 Å². The highest BCUT2D eigenvalue weighted by molar-refractivity contribution is 6.00. The summed E-state index contributed by atoms with van der Waals surface area (Å²) in [4.78, 5) is 25.8. The first-order chi connectivity index (χ1) is 12.6. The Morgan fingerprint density at radius 2 is 2.12 bits per heavy atom. The number of rotatable bonds is 3. The minimum Gasteiger partial charge on any atom is -0.366 e. The first kappa shape index (κ1) is 15.3. The minimum atomic E-state index is -0.477. The highest BCUT2D eigenvalue weighted by atomic mass is 16.1. The normalized spacial score (nSPS) is 20.3. The molecule has 0 saturated heterocycles. The van der Waals surface area contributed by atoms with E-state index in [4.69, 9.17) is 10.7 Å². The van der Waals surface area contributed by atoms with Crippen LogP contribution in [0.1, 0.15) is 53.1 Å². The first-order valence-electron chi connectivity index (χ1n) is 8.94. The molecule has 6 heteroatoms. The number of carbonyl (C=O) groups excluding carboxylic acids is 1. The van der Waals surface area contributed by atoms with Crippen LogP contribution in [-0.4, -0.2) is 25.4 Å². The smallest absolute Gasteiger partial charge is 0.250 e. The van der Waals surface area contributed by atoms with Crippen molar-refractivity contribution in [3.63, 3.8) is 0 Å². The summed E-state index contributed by atoms with van der Waals surface area (Å²) < 4.78 is 2.31. The fourth-order valence-corrected chi connectivity index (χ4v) is 4.44. The van der Waals surface area contributed by atoms with Gasteiger partial charge in [0.2, 0.25) is 0 Å². The summed E-state index contributed by atoms with van der Waals surface area (Å²) in [7, 11) is 0. The number of pyridine rings is 2. The Bertz CT molecular complexity index is 1040. The zero-order valence-electron chi connectivity index (χ0n) is 14.5. The van der Waals surface area contributed by atoms with Crippen LogP contribution < -0.4 is 5.73 Å². The molecule has 6 nitrogen and oxygen atoms in total. The average molecular weight is 345 g/mol. The van der Waals surface area contributed by atoms with Gasteiger partial charge in [0.15, 0.2) is 0 Å². The van der Waals surface area contributed by atoms with Crippen molar-refractivity contribution in [2.24, 2.45) is 5.73 Å². The summed E-state index contributed by atoms with van der Waals surface area (Å²) in [6.45, 7) is 1.97. The summed E-state index contributed by atoms with van der Waals surface area (Å²) in [5.41, 5.74) is 10.4. The van der Waals surface area contributed by atoms with Gasteiger partial charge in [0, 0.05) is 35.6 Å². The molecule has 2 atom stereocenters. The zero-order chi connectivity index (χ0) is 17.8. The molecule has 1 aliphatic heterocycles. The van der Waals surface area contributed by atoms with Gasteiger partial charge in [-0.25, -0.2) is 4.98 Å². The number of hydrogen-bond donors (Lipinski definition) is 1. The lowest BCUT2D eigenvalue weighted by molar-refractivity contribution is 0.100. The van der Waals surface area contributed by atoms with E-state index in [-0.39, 0.29) is 0 Å². The van der Waals surface area contributed by atoms with Crippen LogP contribution in [0, 0.1) is 6.92 Å². The molecule has 130 valence electrons. The topological polar surface area (TPSA) is 86.7 Å². The third-order valence-corrected chi connectivity index (χ3v) is 5.55. The number of amides is 1. The van der Waals surface area contributed by atoms with E-state index in [9.17, 15) is 4.79 Å².